The molecule has 3 rings (SSSR count). The van der Waals surface area contributed by atoms with Crippen LogP contribution in [0.25, 0.3) is 11.5 Å². The van der Waals surface area contributed by atoms with Gasteiger partial charge >= 0.3 is 0 Å². The average molecular weight is 388 g/mol. The van der Waals surface area contributed by atoms with Crippen molar-refractivity contribution in [1.82, 2.24) is 15.1 Å². The van der Waals surface area contributed by atoms with E-state index in [1.165, 1.54) is 17.0 Å². The minimum Gasteiger partial charge on any atom is -0.421 e. The van der Waals surface area contributed by atoms with E-state index in [4.69, 9.17) is 16.0 Å². The molecule has 0 atom stereocenters. The maximum absolute atomic E-state index is 13.9. The smallest absolute Gasteiger partial charge is 0.247 e. The lowest BCUT2D eigenvalue weighted by atomic mass is 10.1. The van der Waals surface area contributed by atoms with Gasteiger partial charge in [-0.3, -0.25) is 4.79 Å². The molecular formula is C20H19ClFN3O2. The molecule has 1 heterocycles. The zero-order chi connectivity index (χ0) is 19.4. The van der Waals surface area contributed by atoms with E-state index < -0.39 is 5.82 Å². The number of aryl methyl sites for hydroxylation is 2. The Labute approximate surface area is 161 Å². The van der Waals surface area contributed by atoms with Crippen LogP contribution in [0.5, 0.6) is 0 Å². The molecule has 2 aromatic carbocycles. The summed E-state index contributed by atoms with van der Waals surface area (Å²) in [6.45, 7) is 2.10. The summed E-state index contributed by atoms with van der Waals surface area (Å²) in [6.07, 6.45) is 0.491. The van der Waals surface area contributed by atoms with Gasteiger partial charge in [-0.25, -0.2) is 4.39 Å². The number of aromatic nitrogens is 2. The van der Waals surface area contributed by atoms with Crippen LogP contribution in [0.4, 0.5) is 4.39 Å². The number of benzene rings is 2. The van der Waals surface area contributed by atoms with Gasteiger partial charge in [0.15, 0.2) is 0 Å². The average Bonchev–Trinajstić information content (AvgIpc) is 3.12. The van der Waals surface area contributed by atoms with Crippen molar-refractivity contribution >= 4 is 17.5 Å². The van der Waals surface area contributed by atoms with Crippen LogP contribution in [0.1, 0.15) is 23.4 Å². The minimum absolute atomic E-state index is 0.1000. The third-order valence-corrected chi connectivity index (χ3v) is 4.55. The number of hydrogen-bond acceptors (Lipinski definition) is 4. The summed E-state index contributed by atoms with van der Waals surface area (Å²) in [5.74, 6) is 0.214. The molecule has 0 fully saturated rings. The number of amides is 1. The van der Waals surface area contributed by atoms with Gasteiger partial charge < -0.3 is 9.32 Å². The van der Waals surface area contributed by atoms with Crippen molar-refractivity contribution in [3.8, 4) is 11.5 Å². The van der Waals surface area contributed by atoms with Gasteiger partial charge in [-0.15, -0.1) is 10.2 Å². The molecule has 1 amide bonds. The van der Waals surface area contributed by atoms with Crippen molar-refractivity contribution in [3.05, 3.63) is 70.3 Å². The summed E-state index contributed by atoms with van der Waals surface area (Å²) in [6, 6.07) is 12.2. The largest absolute Gasteiger partial charge is 0.421 e. The van der Waals surface area contributed by atoms with Gasteiger partial charge in [0.25, 0.3) is 0 Å². The van der Waals surface area contributed by atoms with Crippen molar-refractivity contribution in [2.75, 3.05) is 7.05 Å². The Bertz CT molecular complexity index is 920. The van der Waals surface area contributed by atoms with Crippen molar-refractivity contribution in [1.29, 1.82) is 0 Å². The highest BCUT2D eigenvalue weighted by Crippen LogP contribution is 2.21. The molecular weight excluding hydrogens is 369 g/mol. The number of carbonyl (C=O) groups excluding carboxylic acids is 1. The minimum atomic E-state index is -0.429. The van der Waals surface area contributed by atoms with Crippen LogP contribution >= 0.6 is 11.6 Å². The molecule has 0 radical (unpaired) electrons. The number of hydrogen-bond donors (Lipinski definition) is 0. The SMILES string of the molecule is Cc1ccc(-c2nnc(CCC(=O)N(C)Cc3c(F)cccc3Cl)o2)cc1. The summed E-state index contributed by atoms with van der Waals surface area (Å²) in [7, 11) is 1.61. The predicted octanol–water partition coefficient (Wildman–Crippen LogP) is 4.43. The third kappa shape index (κ3) is 4.71. The molecule has 0 aliphatic rings. The van der Waals surface area contributed by atoms with Gasteiger partial charge in [0.1, 0.15) is 5.82 Å². The fraction of sp³-hybridized carbons (Fsp3) is 0.250. The summed E-state index contributed by atoms with van der Waals surface area (Å²) < 4.78 is 19.5. The Morgan fingerprint density at radius 2 is 1.93 bits per heavy atom. The topological polar surface area (TPSA) is 59.2 Å². The van der Waals surface area contributed by atoms with Crippen molar-refractivity contribution in [3.63, 3.8) is 0 Å². The Kier molecular flexibility index (Phi) is 5.86. The Hall–Kier alpha value is -2.73. The van der Waals surface area contributed by atoms with Crippen LogP contribution in [0.15, 0.2) is 46.9 Å². The molecule has 7 heteroatoms. The summed E-state index contributed by atoms with van der Waals surface area (Å²) in [5.41, 5.74) is 2.27. The Morgan fingerprint density at radius 3 is 2.63 bits per heavy atom. The van der Waals surface area contributed by atoms with Crippen molar-refractivity contribution < 1.29 is 13.6 Å². The fourth-order valence-electron chi connectivity index (χ4n) is 2.58. The van der Waals surface area contributed by atoms with Gasteiger partial charge in [0, 0.05) is 42.6 Å². The number of nitrogens with zero attached hydrogens (tertiary/aromatic N) is 3. The van der Waals surface area contributed by atoms with Gasteiger partial charge in [-0.1, -0.05) is 35.4 Å². The van der Waals surface area contributed by atoms with E-state index in [1.807, 2.05) is 31.2 Å². The van der Waals surface area contributed by atoms with E-state index in [0.29, 0.717) is 28.8 Å². The summed E-state index contributed by atoms with van der Waals surface area (Å²) in [5, 5.41) is 8.31. The first-order chi connectivity index (χ1) is 12.9. The first-order valence-corrected chi connectivity index (χ1v) is 8.88. The molecule has 0 N–H and O–H groups in total. The van der Waals surface area contributed by atoms with Crippen molar-refractivity contribution in [2.45, 2.75) is 26.3 Å². The monoisotopic (exact) mass is 387 g/mol. The molecule has 0 saturated heterocycles. The fourth-order valence-corrected chi connectivity index (χ4v) is 2.80. The highest BCUT2D eigenvalue weighted by atomic mass is 35.5. The quantitative estimate of drug-likeness (QED) is 0.627. The number of carbonyl (C=O) groups is 1. The second-order valence-electron chi connectivity index (χ2n) is 6.32. The van der Waals surface area contributed by atoms with Crippen molar-refractivity contribution in [2.24, 2.45) is 0 Å². The van der Waals surface area contributed by atoms with Crippen LogP contribution < -0.4 is 0 Å². The Balaban J connectivity index is 1.58. The molecule has 0 saturated carbocycles. The molecule has 0 unspecified atom stereocenters. The second-order valence-corrected chi connectivity index (χ2v) is 6.72. The summed E-state index contributed by atoms with van der Waals surface area (Å²) >= 11 is 6.01. The van der Waals surface area contributed by atoms with E-state index in [9.17, 15) is 9.18 Å². The van der Waals surface area contributed by atoms with E-state index >= 15 is 0 Å². The van der Waals surface area contributed by atoms with Gasteiger partial charge in [0.2, 0.25) is 17.7 Å². The second kappa shape index (κ2) is 8.31. The molecule has 27 heavy (non-hydrogen) atoms. The van der Waals surface area contributed by atoms with E-state index in [0.717, 1.165) is 11.1 Å². The molecule has 0 spiro atoms. The lowest BCUT2D eigenvalue weighted by Gasteiger charge is -2.18. The highest BCUT2D eigenvalue weighted by Gasteiger charge is 2.16. The van der Waals surface area contributed by atoms with Crippen LogP contribution in [-0.4, -0.2) is 28.1 Å². The van der Waals surface area contributed by atoms with Gasteiger partial charge in [-0.05, 0) is 31.2 Å². The Morgan fingerprint density at radius 1 is 1.19 bits per heavy atom. The number of rotatable bonds is 6. The first kappa shape index (κ1) is 19.0. The standard InChI is InChI=1S/C20H19ClFN3O2/c1-13-6-8-14(9-7-13)20-24-23-18(27-20)10-11-19(26)25(2)12-15-16(21)4-3-5-17(15)22/h3-9H,10-12H2,1-2H3. The molecule has 0 aliphatic carbocycles. The van der Waals surface area contributed by atoms with E-state index in [1.54, 1.807) is 13.1 Å². The molecule has 5 nitrogen and oxygen atoms in total. The van der Waals surface area contributed by atoms with Crippen LogP contribution in [-0.2, 0) is 17.8 Å². The molecule has 1 aromatic heterocycles. The normalized spacial score (nSPS) is 10.8. The zero-order valence-electron chi connectivity index (χ0n) is 15.1. The van der Waals surface area contributed by atoms with E-state index in [2.05, 4.69) is 10.2 Å². The van der Waals surface area contributed by atoms with Gasteiger partial charge in [0.05, 0.1) is 0 Å². The maximum atomic E-state index is 13.9. The third-order valence-electron chi connectivity index (χ3n) is 4.20. The molecule has 0 aliphatic heterocycles. The van der Waals surface area contributed by atoms with E-state index in [-0.39, 0.29) is 18.9 Å². The molecule has 3 aromatic rings. The maximum Gasteiger partial charge on any atom is 0.247 e. The van der Waals surface area contributed by atoms with Crippen LogP contribution in [0.3, 0.4) is 0 Å². The zero-order valence-corrected chi connectivity index (χ0v) is 15.8. The van der Waals surface area contributed by atoms with Gasteiger partial charge in [-0.2, -0.15) is 0 Å². The lowest BCUT2D eigenvalue weighted by molar-refractivity contribution is -0.130. The number of halogens is 2. The first-order valence-electron chi connectivity index (χ1n) is 8.50. The molecule has 0 bridgehead atoms. The summed E-state index contributed by atoms with van der Waals surface area (Å²) in [4.78, 5) is 13.8. The molecule has 140 valence electrons. The lowest BCUT2D eigenvalue weighted by Crippen LogP contribution is -2.27. The predicted molar refractivity (Wildman–Crippen MR) is 101 cm³/mol. The van der Waals surface area contributed by atoms with Crippen LogP contribution in [0.2, 0.25) is 5.02 Å². The van der Waals surface area contributed by atoms with Crippen LogP contribution in [0, 0.1) is 12.7 Å². The highest BCUT2D eigenvalue weighted by molar-refractivity contribution is 6.31.